The molecule has 0 saturated carbocycles. The topological polar surface area (TPSA) is 107 Å². The first kappa shape index (κ1) is 71.7. The molecule has 588 valence electrons. The molecule has 0 spiro atoms. The number of benzene rings is 18. The summed E-state index contributed by atoms with van der Waals surface area (Å²) in [6.45, 7) is 0. The van der Waals surface area contributed by atoms with Gasteiger partial charge in [-0.3, -0.25) is 0 Å². The molecule has 0 aliphatic rings. The summed E-state index contributed by atoms with van der Waals surface area (Å²) >= 11 is 0. The van der Waals surface area contributed by atoms with Gasteiger partial charge in [0, 0.05) is 132 Å². The van der Waals surface area contributed by atoms with E-state index in [0.717, 1.165) is 101 Å². The van der Waals surface area contributed by atoms with Gasteiger partial charge in [0.25, 0.3) is 0 Å². The zero-order chi connectivity index (χ0) is 82.9. The van der Waals surface area contributed by atoms with Crippen LogP contribution in [0.25, 0.3) is 233 Å². The van der Waals surface area contributed by atoms with Crippen LogP contribution in [0.2, 0.25) is 0 Å². The number of rotatable bonds is 12. The number of fused-ring (bicyclic) bond motifs is 19. The number of para-hydroxylation sites is 8. The highest BCUT2D eigenvalue weighted by molar-refractivity contribution is 6.27. The molecule has 26 rings (SSSR count). The quantitative estimate of drug-likeness (QED) is 0.121. The van der Waals surface area contributed by atoms with Crippen molar-refractivity contribution in [2.45, 2.75) is 0 Å². The van der Waals surface area contributed by atoms with Gasteiger partial charge in [-0.2, -0.15) is 0 Å². The molecule has 0 aliphatic carbocycles. The summed E-state index contributed by atoms with van der Waals surface area (Å²) in [7, 11) is 0. The van der Waals surface area contributed by atoms with Crippen LogP contribution in [-0.4, -0.2) is 57.3 Å². The smallest absolute Gasteiger partial charge is 0.164 e. The Morgan fingerprint density at radius 2 is 0.357 bits per heavy atom. The highest BCUT2D eigenvalue weighted by atomic mass is 15.1. The van der Waals surface area contributed by atoms with Crippen molar-refractivity contribution >= 4 is 131 Å². The van der Waals surface area contributed by atoms with E-state index < -0.39 is 0 Å². The van der Waals surface area contributed by atoms with Crippen molar-refractivity contribution in [1.29, 1.82) is 0 Å². The van der Waals surface area contributed by atoms with Crippen molar-refractivity contribution in [3.8, 4) is 102 Å². The van der Waals surface area contributed by atoms with E-state index in [1.54, 1.807) is 0 Å². The molecule has 126 heavy (non-hydrogen) atoms. The molecule has 12 heteroatoms. The predicted molar refractivity (Wildman–Crippen MR) is 518 cm³/mol. The van der Waals surface area contributed by atoms with Gasteiger partial charge in [0.2, 0.25) is 0 Å². The maximum Gasteiger partial charge on any atom is 0.164 e. The van der Waals surface area contributed by atoms with Gasteiger partial charge in [-0.05, 0) is 164 Å². The first-order valence-corrected chi connectivity index (χ1v) is 42.6. The fourth-order valence-electron chi connectivity index (χ4n) is 19.3. The van der Waals surface area contributed by atoms with E-state index in [0.29, 0.717) is 34.9 Å². The van der Waals surface area contributed by atoms with Gasteiger partial charge in [-0.15, -0.1) is 0 Å². The Kier molecular flexibility index (Phi) is 16.7. The molecule has 0 amide bonds. The summed E-state index contributed by atoms with van der Waals surface area (Å²) in [6.07, 6.45) is 0. The predicted octanol–water partition coefficient (Wildman–Crippen LogP) is 28.3. The third kappa shape index (κ3) is 11.7. The standard InChI is InChI=1S/2C57H36N6/c1-4-16-37(17-5-1)55-58-56(38-18-6-2-7-19-38)60-57(59-55)39-28-30-41(31-29-39)63-49-26-14-10-22-43(49)45-33-35-52-53(54(45)63)46-24-12-15-27-50(46)62(52)42-32-34-51-47(36-42)44-23-11-13-25-48(44)61(51)40-20-8-3-9-21-40;1-4-16-37(17-5-1)55-58-56(38-18-6-2-7-19-38)60-57(59-55)39-28-30-41(31-29-39)62-50-26-14-11-23-44(50)47-35-48-45-24-12-15-27-51(45)63(54(48)36-53(47)62)42-32-33-52-46(34-42)43-22-10-13-25-49(43)61(52)40-20-8-3-9-21-40/h2*1-36H. The Balaban J connectivity index is 0.000000137. The fourth-order valence-corrected chi connectivity index (χ4v) is 19.3. The Morgan fingerprint density at radius 3 is 0.722 bits per heavy atom. The molecule has 0 saturated heterocycles. The van der Waals surface area contributed by atoms with E-state index in [4.69, 9.17) is 29.9 Å². The molecule has 0 atom stereocenters. The van der Waals surface area contributed by atoms with Crippen LogP contribution in [-0.2, 0) is 0 Å². The molecule has 0 fully saturated rings. The second kappa shape index (κ2) is 29.3. The van der Waals surface area contributed by atoms with Crippen LogP contribution in [0.3, 0.4) is 0 Å². The zero-order valence-electron chi connectivity index (χ0n) is 67.9. The minimum atomic E-state index is 0.630. The molecule has 8 aromatic heterocycles. The van der Waals surface area contributed by atoms with Crippen LogP contribution < -0.4 is 0 Å². The first-order valence-electron chi connectivity index (χ1n) is 42.6. The zero-order valence-corrected chi connectivity index (χ0v) is 67.9. The lowest BCUT2D eigenvalue weighted by molar-refractivity contribution is 1.07. The Labute approximate surface area is 722 Å². The number of hydrogen-bond donors (Lipinski definition) is 0. The van der Waals surface area contributed by atoms with Gasteiger partial charge >= 0.3 is 0 Å². The third-order valence-electron chi connectivity index (χ3n) is 25.0. The number of hydrogen-bond acceptors (Lipinski definition) is 6. The molecular formula is C114H72N12. The maximum absolute atomic E-state index is 5.02. The third-order valence-corrected chi connectivity index (χ3v) is 25.0. The minimum Gasteiger partial charge on any atom is -0.309 e. The normalized spacial score (nSPS) is 11.8. The van der Waals surface area contributed by atoms with Crippen molar-refractivity contribution in [2.75, 3.05) is 0 Å². The van der Waals surface area contributed by atoms with Crippen LogP contribution in [0, 0.1) is 0 Å². The first-order chi connectivity index (χ1) is 62.5. The van der Waals surface area contributed by atoms with E-state index >= 15 is 0 Å². The number of nitrogens with zero attached hydrogens (tertiary/aromatic N) is 12. The van der Waals surface area contributed by atoms with E-state index in [2.05, 4.69) is 343 Å². The molecule has 0 aliphatic heterocycles. The van der Waals surface area contributed by atoms with E-state index in [-0.39, 0.29) is 0 Å². The summed E-state index contributed by atoms with van der Waals surface area (Å²) in [5.74, 6) is 3.84. The van der Waals surface area contributed by atoms with Gasteiger partial charge in [0.1, 0.15) is 0 Å². The SMILES string of the molecule is c1ccc(-c2nc(-c3ccccc3)nc(-c3ccc(-n4c5ccccc5c5cc6c7ccccc7n(-c7ccc8c(c7)c7ccccc7n8-c7ccccc7)c6cc54)cc3)n2)cc1.c1ccc(-c2nc(-c3ccccc3)nc(-c3ccc(-n4c5ccccc5c5ccc6c(c7ccccc7n6-c6ccc7c(c6)c6ccccc6n7-c6ccccc6)c54)cc3)n2)cc1. The van der Waals surface area contributed by atoms with Gasteiger partial charge in [0.15, 0.2) is 34.9 Å². The Hall–Kier alpha value is -17.2. The average molecular weight is 1610 g/mol. The van der Waals surface area contributed by atoms with Crippen molar-refractivity contribution in [3.05, 3.63) is 437 Å². The van der Waals surface area contributed by atoms with Gasteiger partial charge in [0.05, 0.1) is 66.2 Å². The maximum atomic E-state index is 5.02. The second-order valence-corrected chi connectivity index (χ2v) is 32.1. The summed E-state index contributed by atoms with van der Waals surface area (Å²) in [5.41, 5.74) is 26.3. The number of aromatic nitrogens is 12. The highest BCUT2D eigenvalue weighted by Crippen LogP contribution is 2.46. The monoisotopic (exact) mass is 1610 g/mol. The lowest BCUT2D eigenvalue weighted by Crippen LogP contribution is -2.00. The molecule has 0 radical (unpaired) electrons. The van der Waals surface area contributed by atoms with Crippen LogP contribution in [0.4, 0.5) is 0 Å². The van der Waals surface area contributed by atoms with Crippen LogP contribution in [0.15, 0.2) is 437 Å². The summed E-state index contributed by atoms with van der Waals surface area (Å²) in [4.78, 5) is 29.9. The molecule has 18 aromatic carbocycles. The molecule has 26 aromatic rings. The summed E-state index contributed by atoms with van der Waals surface area (Å²) < 4.78 is 14.5. The molecular weight excluding hydrogens is 1540 g/mol. The fraction of sp³-hybridized carbons (Fsp3) is 0. The molecule has 0 unspecified atom stereocenters. The van der Waals surface area contributed by atoms with Crippen molar-refractivity contribution < 1.29 is 0 Å². The van der Waals surface area contributed by atoms with Crippen LogP contribution in [0.5, 0.6) is 0 Å². The molecule has 8 heterocycles. The Morgan fingerprint density at radius 1 is 0.127 bits per heavy atom. The lowest BCUT2D eigenvalue weighted by Gasteiger charge is -2.12. The summed E-state index contributed by atoms with van der Waals surface area (Å²) in [5, 5.41) is 14.6. The van der Waals surface area contributed by atoms with Gasteiger partial charge in [-0.1, -0.05) is 273 Å². The van der Waals surface area contributed by atoms with Crippen molar-refractivity contribution in [2.24, 2.45) is 0 Å². The highest BCUT2D eigenvalue weighted by Gasteiger charge is 2.26. The van der Waals surface area contributed by atoms with Crippen molar-refractivity contribution in [1.82, 2.24) is 57.3 Å². The molecule has 0 bridgehead atoms. The molecule has 0 N–H and O–H groups in total. The van der Waals surface area contributed by atoms with Crippen LogP contribution in [0.1, 0.15) is 0 Å². The average Bonchev–Trinajstić information content (AvgIpc) is 1.59. The Bertz CT molecular complexity index is 8510. The largest absolute Gasteiger partial charge is 0.309 e. The lowest BCUT2D eigenvalue weighted by atomic mass is 10.1. The van der Waals surface area contributed by atoms with Crippen LogP contribution >= 0.6 is 0 Å². The van der Waals surface area contributed by atoms with Gasteiger partial charge in [-0.25, -0.2) is 29.9 Å². The minimum absolute atomic E-state index is 0.630. The van der Waals surface area contributed by atoms with Crippen molar-refractivity contribution in [3.63, 3.8) is 0 Å². The second-order valence-electron chi connectivity index (χ2n) is 32.1. The van der Waals surface area contributed by atoms with E-state index in [1.807, 2.05) is 121 Å². The summed E-state index contributed by atoms with van der Waals surface area (Å²) in [6, 6.07) is 155. The van der Waals surface area contributed by atoms with E-state index in [1.165, 1.54) is 97.7 Å². The van der Waals surface area contributed by atoms with E-state index in [9.17, 15) is 0 Å². The molecule has 12 nitrogen and oxygen atoms in total. The van der Waals surface area contributed by atoms with Gasteiger partial charge < -0.3 is 27.4 Å².